The maximum atomic E-state index is 7.55. The average Bonchev–Trinajstić information content (AvgIpc) is 2.33. The van der Waals surface area contributed by atoms with Gasteiger partial charge < -0.3 is 21.9 Å². The normalized spacial score (nSPS) is 10.2. The van der Waals surface area contributed by atoms with Gasteiger partial charge in [-0.3, -0.25) is 5.41 Å². The first-order valence-corrected chi connectivity index (χ1v) is 5.70. The Bertz CT molecular complexity index is 379. The highest BCUT2D eigenvalue weighted by atomic mass is 16.5. The van der Waals surface area contributed by atoms with E-state index in [0.29, 0.717) is 25.3 Å². The minimum Gasteiger partial charge on any atom is -0.492 e. The molecule has 0 saturated carbocycles. The molecule has 0 saturated heterocycles. The van der Waals surface area contributed by atoms with Crippen molar-refractivity contribution in [1.82, 2.24) is 0 Å². The summed E-state index contributed by atoms with van der Waals surface area (Å²) in [5, 5.41) is 7.55. The second-order valence-corrected chi connectivity index (χ2v) is 3.73. The van der Waals surface area contributed by atoms with Gasteiger partial charge in [0.1, 0.15) is 18.2 Å². The van der Waals surface area contributed by atoms with E-state index in [1.165, 1.54) is 0 Å². The van der Waals surface area contributed by atoms with Crippen molar-refractivity contribution < 1.29 is 4.74 Å². The highest BCUT2D eigenvalue weighted by Gasteiger charge is 2.11. The molecule has 0 aliphatic rings. The summed E-state index contributed by atoms with van der Waals surface area (Å²) in [6, 6.07) is 5.52. The van der Waals surface area contributed by atoms with E-state index in [9.17, 15) is 0 Å². The summed E-state index contributed by atoms with van der Waals surface area (Å²) >= 11 is 0. The second-order valence-electron chi connectivity index (χ2n) is 3.73. The standard InChI is InChI=1S/C12H20N4O/c13-6-2-4-9-10(12(15)16)3-1-5-11(9)17-8-7-14/h1,3,5H,2,4,6-8,13-14H2,(H3,15,16). The predicted octanol–water partition coefficient (Wildman–Crippen LogP) is 0.199. The van der Waals surface area contributed by atoms with Crippen LogP contribution in [0.1, 0.15) is 17.5 Å². The highest BCUT2D eigenvalue weighted by Crippen LogP contribution is 2.23. The molecule has 7 N–H and O–H groups in total. The lowest BCUT2D eigenvalue weighted by Gasteiger charge is -2.14. The molecule has 94 valence electrons. The quantitative estimate of drug-likeness (QED) is 0.400. The number of amidine groups is 1. The number of ether oxygens (including phenoxy) is 1. The van der Waals surface area contributed by atoms with Crippen molar-refractivity contribution in [2.75, 3.05) is 19.7 Å². The van der Waals surface area contributed by atoms with Gasteiger partial charge in [0.2, 0.25) is 0 Å². The van der Waals surface area contributed by atoms with Gasteiger partial charge in [-0.2, -0.15) is 0 Å². The molecule has 0 bridgehead atoms. The fourth-order valence-corrected chi connectivity index (χ4v) is 1.66. The molecule has 0 aliphatic carbocycles. The van der Waals surface area contributed by atoms with Gasteiger partial charge in [-0.15, -0.1) is 0 Å². The number of nitrogen functional groups attached to an aromatic ring is 1. The number of rotatable bonds is 7. The molecule has 0 spiro atoms. The highest BCUT2D eigenvalue weighted by molar-refractivity contribution is 5.97. The maximum Gasteiger partial charge on any atom is 0.123 e. The van der Waals surface area contributed by atoms with Gasteiger partial charge in [-0.1, -0.05) is 12.1 Å². The van der Waals surface area contributed by atoms with Crippen LogP contribution in [0, 0.1) is 5.41 Å². The van der Waals surface area contributed by atoms with Crippen molar-refractivity contribution in [2.24, 2.45) is 17.2 Å². The monoisotopic (exact) mass is 236 g/mol. The molecule has 5 nitrogen and oxygen atoms in total. The number of hydrogen-bond acceptors (Lipinski definition) is 4. The molecule has 0 fully saturated rings. The fraction of sp³-hybridized carbons (Fsp3) is 0.417. The minimum absolute atomic E-state index is 0.0511. The topological polar surface area (TPSA) is 111 Å². The van der Waals surface area contributed by atoms with Crippen LogP contribution in [-0.2, 0) is 6.42 Å². The van der Waals surface area contributed by atoms with E-state index in [4.69, 9.17) is 27.3 Å². The summed E-state index contributed by atoms with van der Waals surface area (Å²) in [5.74, 6) is 0.798. The Labute approximate surface area is 101 Å². The Balaban J connectivity index is 3.00. The molecule has 1 aromatic rings. The summed E-state index contributed by atoms with van der Waals surface area (Å²) in [6.45, 7) is 1.51. The molecule has 0 heterocycles. The van der Waals surface area contributed by atoms with E-state index in [1.54, 1.807) is 0 Å². The van der Waals surface area contributed by atoms with Crippen LogP contribution in [0.2, 0.25) is 0 Å². The van der Waals surface area contributed by atoms with E-state index in [0.717, 1.165) is 24.2 Å². The van der Waals surface area contributed by atoms with Crippen LogP contribution in [0.3, 0.4) is 0 Å². The Morgan fingerprint density at radius 1 is 1.24 bits per heavy atom. The van der Waals surface area contributed by atoms with Gasteiger partial charge in [-0.05, 0) is 25.5 Å². The zero-order valence-electron chi connectivity index (χ0n) is 9.91. The first-order valence-electron chi connectivity index (χ1n) is 5.70. The summed E-state index contributed by atoms with van der Waals surface area (Å²) in [6.07, 6.45) is 1.59. The van der Waals surface area contributed by atoms with Gasteiger partial charge in [0.15, 0.2) is 0 Å². The van der Waals surface area contributed by atoms with Crippen LogP contribution in [0.5, 0.6) is 5.75 Å². The van der Waals surface area contributed by atoms with Crippen LogP contribution in [0.25, 0.3) is 0 Å². The van der Waals surface area contributed by atoms with Crippen LogP contribution in [0.4, 0.5) is 0 Å². The smallest absolute Gasteiger partial charge is 0.123 e. The van der Waals surface area contributed by atoms with Gasteiger partial charge in [0, 0.05) is 17.7 Å². The molecule has 5 heteroatoms. The van der Waals surface area contributed by atoms with Crippen molar-refractivity contribution in [3.05, 3.63) is 29.3 Å². The fourth-order valence-electron chi connectivity index (χ4n) is 1.66. The number of nitrogens with two attached hydrogens (primary N) is 3. The Kier molecular flexibility index (Phi) is 5.45. The lowest BCUT2D eigenvalue weighted by atomic mass is 10.0. The molecular weight excluding hydrogens is 216 g/mol. The zero-order chi connectivity index (χ0) is 12.7. The van der Waals surface area contributed by atoms with Crippen LogP contribution in [0.15, 0.2) is 18.2 Å². The first-order chi connectivity index (χ1) is 8.20. The Morgan fingerprint density at radius 3 is 2.59 bits per heavy atom. The van der Waals surface area contributed by atoms with Crippen molar-refractivity contribution in [2.45, 2.75) is 12.8 Å². The molecule has 0 aromatic heterocycles. The first kappa shape index (κ1) is 13.5. The molecule has 17 heavy (non-hydrogen) atoms. The summed E-state index contributed by atoms with van der Waals surface area (Å²) in [5.41, 5.74) is 18.1. The predicted molar refractivity (Wildman–Crippen MR) is 69.4 cm³/mol. The van der Waals surface area contributed by atoms with Gasteiger partial charge in [0.05, 0.1) is 0 Å². The van der Waals surface area contributed by atoms with Crippen molar-refractivity contribution in [3.8, 4) is 5.75 Å². The van der Waals surface area contributed by atoms with E-state index < -0.39 is 0 Å². The average molecular weight is 236 g/mol. The molecule has 0 amide bonds. The molecule has 0 unspecified atom stereocenters. The third-order valence-electron chi connectivity index (χ3n) is 2.43. The van der Waals surface area contributed by atoms with E-state index >= 15 is 0 Å². The number of benzene rings is 1. The Hall–Kier alpha value is -1.59. The van der Waals surface area contributed by atoms with Crippen molar-refractivity contribution in [3.63, 3.8) is 0 Å². The number of hydrogen-bond donors (Lipinski definition) is 4. The molecule has 1 rings (SSSR count). The van der Waals surface area contributed by atoms with Gasteiger partial charge in [-0.25, -0.2) is 0 Å². The zero-order valence-corrected chi connectivity index (χ0v) is 9.91. The van der Waals surface area contributed by atoms with Gasteiger partial charge >= 0.3 is 0 Å². The van der Waals surface area contributed by atoms with E-state index in [-0.39, 0.29) is 5.84 Å². The molecule has 0 aliphatic heterocycles. The van der Waals surface area contributed by atoms with Crippen molar-refractivity contribution in [1.29, 1.82) is 5.41 Å². The molecule has 1 aromatic carbocycles. The molecule has 0 radical (unpaired) electrons. The third-order valence-corrected chi connectivity index (χ3v) is 2.43. The summed E-state index contributed by atoms with van der Waals surface area (Å²) in [7, 11) is 0. The van der Waals surface area contributed by atoms with Crippen LogP contribution < -0.4 is 21.9 Å². The largest absolute Gasteiger partial charge is 0.492 e. The summed E-state index contributed by atoms with van der Waals surface area (Å²) < 4.78 is 5.56. The van der Waals surface area contributed by atoms with Crippen LogP contribution >= 0.6 is 0 Å². The number of nitrogens with one attached hydrogen (secondary N) is 1. The minimum atomic E-state index is 0.0511. The summed E-state index contributed by atoms with van der Waals surface area (Å²) in [4.78, 5) is 0. The SMILES string of the molecule is N=C(N)c1cccc(OCCN)c1CCCN. The van der Waals surface area contributed by atoms with Gasteiger partial charge in [0.25, 0.3) is 0 Å². The molecular formula is C12H20N4O. The lowest BCUT2D eigenvalue weighted by Crippen LogP contribution is -2.17. The lowest BCUT2D eigenvalue weighted by molar-refractivity contribution is 0.324. The van der Waals surface area contributed by atoms with E-state index in [2.05, 4.69) is 0 Å². The second kappa shape index (κ2) is 6.88. The van der Waals surface area contributed by atoms with Crippen molar-refractivity contribution >= 4 is 5.84 Å². The third kappa shape index (κ3) is 3.72. The Morgan fingerprint density at radius 2 is 2.00 bits per heavy atom. The molecule has 0 atom stereocenters. The van der Waals surface area contributed by atoms with Crippen LogP contribution in [-0.4, -0.2) is 25.5 Å². The van der Waals surface area contributed by atoms with E-state index in [1.807, 2.05) is 18.2 Å². The maximum absolute atomic E-state index is 7.55.